The standard InChI is InChI=1S/C13H18N2O4/c1-12(2,11(18)19)13(3,4)15-10(17)8-5-9(16)7-14-6-8/h5-7,16H,1-4H3,(H,15,17)(H,18,19). The minimum Gasteiger partial charge on any atom is -0.506 e. The summed E-state index contributed by atoms with van der Waals surface area (Å²) in [6.45, 7) is 6.34. The van der Waals surface area contributed by atoms with Crippen LogP contribution in [0, 0.1) is 5.41 Å². The van der Waals surface area contributed by atoms with Crippen molar-refractivity contribution in [1.82, 2.24) is 10.3 Å². The maximum Gasteiger partial charge on any atom is 0.311 e. The summed E-state index contributed by atoms with van der Waals surface area (Å²) in [6.07, 6.45) is 2.52. The molecule has 6 nitrogen and oxygen atoms in total. The smallest absolute Gasteiger partial charge is 0.311 e. The Balaban J connectivity index is 2.96. The van der Waals surface area contributed by atoms with Gasteiger partial charge in [0.05, 0.1) is 22.7 Å². The van der Waals surface area contributed by atoms with Gasteiger partial charge >= 0.3 is 5.97 Å². The number of rotatable bonds is 4. The van der Waals surface area contributed by atoms with Gasteiger partial charge in [0, 0.05) is 6.20 Å². The van der Waals surface area contributed by atoms with Crippen LogP contribution >= 0.6 is 0 Å². The van der Waals surface area contributed by atoms with E-state index in [0.29, 0.717) is 0 Å². The number of nitrogens with one attached hydrogen (secondary N) is 1. The third-order valence-electron chi connectivity index (χ3n) is 3.51. The maximum atomic E-state index is 12.0. The lowest BCUT2D eigenvalue weighted by molar-refractivity contribution is -0.150. The van der Waals surface area contributed by atoms with E-state index in [-0.39, 0.29) is 11.3 Å². The molecule has 0 aromatic carbocycles. The number of carbonyl (C=O) groups excluding carboxylic acids is 1. The van der Waals surface area contributed by atoms with Gasteiger partial charge in [-0.2, -0.15) is 0 Å². The van der Waals surface area contributed by atoms with Crippen molar-refractivity contribution in [3.05, 3.63) is 24.0 Å². The van der Waals surface area contributed by atoms with Gasteiger partial charge in [0.1, 0.15) is 5.75 Å². The highest BCUT2D eigenvalue weighted by atomic mass is 16.4. The van der Waals surface area contributed by atoms with Gasteiger partial charge in [0.2, 0.25) is 0 Å². The second kappa shape index (κ2) is 4.87. The lowest BCUT2D eigenvalue weighted by atomic mass is 9.74. The number of carbonyl (C=O) groups is 2. The van der Waals surface area contributed by atoms with Gasteiger partial charge in [-0.05, 0) is 33.8 Å². The Morgan fingerprint density at radius 3 is 2.26 bits per heavy atom. The second-order valence-electron chi connectivity index (χ2n) is 5.44. The third kappa shape index (κ3) is 3.01. The summed E-state index contributed by atoms with van der Waals surface area (Å²) >= 11 is 0. The lowest BCUT2D eigenvalue weighted by Gasteiger charge is -2.38. The maximum absolute atomic E-state index is 12.0. The number of hydrogen-bond donors (Lipinski definition) is 3. The van der Waals surface area contributed by atoms with Gasteiger partial charge in [-0.1, -0.05) is 0 Å². The molecular weight excluding hydrogens is 248 g/mol. The first-order valence-corrected chi connectivity index (χ1v) is 5.78. The first kappa shape index (κ1) is 14.9. The normalized spacial score (nSPS) is 12.0. The molecule has 0 aliphatic rings. The summed E-state index contributed by atoms with van der Waals surface area (Å²) in [5.74, 6) is -1.61. The van der Waals surface area contributed by atoms with Gasteiger partial charge in [-0.3, -0.25) is 14.6 Å². The van der Waals surface area contributed by atoms with Gasteiger partial charge in [-0.25, -0.2) is 0 Å². The highest BCUT2D eigenvalue weighted by Gasteiger charge is 2.44. The largest absolute Gasteiger partial charge is 0.506 e. The summed E-state index contributed by atoms with van der Waals surface area (Å²) < 4.78 is 0. The zero-order valence-corrected chi connectivity index (χ0v) is 11.4. The van der Waals surface area contributed by atoms with E-state index >= 15 is 0 Å². The summed E-state index contributed by atoms with van der Waals surface area (Å²) in [5.41, 5.74) is -1.94. The van der Waals surface area contributed by atoms with Crippen molar-refractivity contribution in [2.45, 2.75) is 33.2 Å². The minimum atomic E-state index is -1.15. The van der Waals surface area contributed by atoms with Crippen molar-refractivity contribution in [1.29, 1.82) is 0 Å². The number of carboxylic acid groups (broad SMARTS) is 1. The number of aromatic hydroxyl groups is 1. The zero-order valence-electron chi connectivity index (χ0n) is 11.4. The first-order valence-electron chi connectivity index (χ1n) is 5.78. The molecule has 0 aliphatic heterocycles. The highest BCUT2D eigenvalue weighted by Crippen LogP contribution is 2.31. The number of amides is 1. The van der Waals surface area contributed by atoms with E-state index in [1.807, 2.05) is 0 Å². The Morgan fingerprint density at radius 2 is 1.79 bits per heavy atom. The van der Waals surface area contributed by atoms with Crippen LogP contribution in [-0.4, -0.2) is 32.6 Å². The van der Waals surface area contributed by atoms with Crippen molar-refractivity contribution in [2.75, 3.05) is 0 Å². The van der Waals surface area contributed by atoms with Crippen molar-refractivity contribution in [3.8, 4) is 5.75 Å². The molecule has 104 valence electrons. The van der Waals surface area contributed by atoms with E-state index in [1.54, 1.807) is 13.8 Å². The molecule has 0 atom stereocenters. The summed E-state index contributed by atoms with van der Waals surface area (Å²) in [7, 11) is 0. The van der Waals surface area contributed by atoms with Crippen LogP contribution in [-0.2, 0) is 4.79 Å². The molecule has 0 radical (unpaired) electrons. The average Bonchev–Trinajstić information content (AvgIpc) is 2.27. The van der Waals surface area contributed by atoms with Crippen LogP contribution in [0.1, 0.15) is 38.1 Å². The second-order valence-corrected chi connectivity index (χ2v) is 5.44. The number of aromatic nitrogens is 1. The van der Waals surface area contributed by atoms with Crippen LogP contribution in [0.15, 0.2) is 18.5 Å². The number of carboxylic acids is 1. The van der Waals surface area contributed by atoms with E-state index in [2.05, 4.69) is 10.3 Å². The minimum absolute atomic E-state index is 0.122. The molecule has 1 aromatic heterocycles. The van der Waals surface area contributed by atoms with Crippen molar-refractivity contribution in [3.63, 3.8) is 0 Å². The number of pyridine rings is 1. The monoisotopic (exact) mass is 266 g/mol. The molecule has 0 spiro atoms. The Bertz CT molecular complexity index is 509. The predicted octanol–water partition coefficient (Wildman–Crippen LogP) is 1.41. The van der Waals surface area contributed by atoms with Gasteiger partial charge in [0.25, 0.3) is 5.91 Å². The fraction of sp³-hybridized carbons (Fsp3) is 0.462. The van der Waals surface area contributed by atoms with Crippen LogP contribution in [0.25, 0.3) is 0 Å². The average molecular weight is 266 g/mol. The van der Waals surface area contributed by atoms with E-state index in [4.69, 9.17) is 0 Å². The summed E-state index contributed by atoms with van der Waals surface area (Å²) in [6, 6.07) is 1.27. The van der Waals surface area contributed by atoms with E-state index in [1.165, 1.54) is 32.3 Å². The van der Waals surface area contributed by atoms with Crippen LogP contribution in [0.4, 0.5) is 0 Å². The van der Waals surface area contributed by atoms with Crippen LogP contribution in [0.2, 0.25) is 0 Å². The molecule has 1 rings (SSSR count). The number of nitrogens with zero attached hydrogens (tertiary/aromatic N) is 1. The highest BCUT2D eigenvalue weighted by molar-refractivity contribution is 5.95. The van der Waals surface area contributed by atoms with Crippen LogP contribution in [0.5, 0.6) is 5.75 Å². The Hall–Kier alpha value is -2.11. The molecule has 0 unspecified atom stereocenters. The Labute approximate surface area is 111 Å². The van der Waals surface area contributed by atoms with Gasteiger partial charge in [-0.15, -0.1) is 0 Å². The fourth-order valence-electron chi connectivity index (χ4n) is 1.33. The predicted molar refractivity (Wildman–Crippen MR) is 68.9 cm³/mol. The fourth-order valence-corrected chi connectivity index (χ4v) is 1.33. The first-order chi connectivity index (χ1) is 8.58. The van der Waals surface area contributed by atoms with Gasteiger partial charge in [0.15, 0.2) is 0 Å². The van der Waals surface area contributed by atoms with Crippen molar-refractivity contribution < 1.29 is 19.8 Å². The third-order valence-corrected chi connectivity index (χ3v) is 3.51. The van der Waals surface area contributed by atoms with Crippen LogP contribution < -0.4 is 5.32 Å². The number of hydrogen-bond acceptors (Lipinski definition) is 4. The molecule has 1 heterocycles. The zero-order chi connectivity index (χ0) is 14.8. The van der Waals surface area contributed by atoms with Crippen LogP contribution in [0.3, 0.4) is 0 Å². The lowest BCUT2D eigenvalue weighted by Crippen LogP contribution is -2.56. The molecule has 19 heavy (non-hydrogen) atoms. The van der Waals surface area contributed by atoms with Crippen molar-refractivity contribution >= 4 is 11.9 Å². The summed E-state index contributed by atoms with van der Waals surface area (Å²) in [4.78, 5) is 27.0. The Morgan fingerprint density at radius 1 is 1.21 bits per heavy atom. The molecule has 0 bridgehead atoms. The topological polar surface area (TPSA) is 99.5 Å². The van der Waals surface area contributed by atoms with E-state index in [9.17, 15) is 19.8 Å². The summed E-state index contributed by atoms with van der Waals surface area (Å²) in [5, 5.41) is 21.1. The molecule has 0 saturated heterocycles. The van der Waals surface area contributed by atoms with E-state index < -0.39 is 22.8 Å². The molecule has 0 saturated carbocycles. The molecule has 0 fully saturated rings. The molecule has 3 N–H and O–H groups in total. The molecule has 0 aliphatic carbocycles. The molecule has 6 heteroatoms. The Kier molecular flexibility index (Phi) is 3.83. The molecular formula is C13H18N2O4. The number of aliphatic carboxylic acids is 1. The van der Waals surface area contributed by atoms with Gasteiger partial charge < -0.3 is 15.5 Å². The van der Waals surface area contributed by atoms with Crippen molar-refractivity contribution in [2.24, 2.45) is 5.41 Å². The van der Waals surface area contributed by atoms with E-state index in [0.717, 1.165) is 0 Å². The molecule has 1 aromatic rings. The molecule has 1 amide bonds. The SMILES string of the molecule is CC(C)(NC(=O)c1cncc(O)c1)C(C)(C)C(=O)O. The quantitative estimate of drug-likeness (QED) is 0.765.